The number of amides is 3. The molecule has 0 bridgehead atoms. The van der Waals surface area contributed by atoms with Crippen molar-refractivity contribution < 1.29 is 19.1 Å². The van der Waals surface area contributed by atoms with Crippen molar-refractivity contribution in [2.75, 3.05) is 17.7 Å². The van der Waals surface area contributed by atoms with Crippen LogP contribution < -0.4 is 26.2 Å². The predicted molar refractivity (Wildman–Crippen MR) is 111 cm³/mol. The number of hydrazine groups is 1. The largest absolute Gasteiger partial charge is 0.497 e. The molecular weight excluding hydrogens is 396 g/mol. The number of carbonyl (C=O) groups excluding carboxylic acids is 3. The lowest BCUT2D eigenvalue weighted by Crippen LogP contribution is -2.43. The van der Waals surface area contributed by atoms with Gasteiger partial charge < -0.3 is 20.8 Å². The molecule has 0 aliphatic rings. The first kappa shape index (κ1) is 21.8. The van der Waals surface area contributed by atoms with Crippen molar-refractivity contribution in [2.24, 2.45) is 0 Å². The molecule has 0 saturated carbocycles. The highest BCUT2D eigenvalue weighted by molar-refractivity contribution is 6.40. The lowest BCUT2D eigenvalue weighted by molar-refractivity contribution is -0.136. The van der Waals surface area contributed by atoms with Gasteiger partial charge in [0.15, 0.2) is 0 Å². The molecule has 4 N–H and O–H groups in total. The van der Waals surface area contributed by atoms with Gasteiger partial charge in [0, 0.05) is 22.1 Å². The van der Waals surface area contributed by atoms with Crippen molar-refractivity contribution in [2.45, 2.75) is 13.3 Å². The van der Waals surface area contributed by atoms with Crippen molar-refractivity contribution in [3.8, 4) is 5.75 Å². The van der Waals surface area contributed by atoms with Gasteiger partial charge in [0.2, 0.25) is 5.91 Å². The van der Waals surface area contributed by atoms with Gasteiger partial charge in [0.25, 0.3) is 0 Å². The minimum Gasteiger partial charge on any atom is -0.497 e. The van der Waals surface area contributed by atoms with E-state index >= 15 is 0 Å². The monoisotopic (exact) mass is 416 g/mol. The van der Waals surface area contributed by atoms with E-state index in [1.807, 2.05) is 0 Å². The van der Waals surface area contributed by atoms with Crippen LogP contribution in [0.2, 0.25) is 5.02 Å². The number of ether oxygens (including phenoxy) is 1. The summed E-state index contributed by atoms with van der Waals surface area (Å²) in [4.78, 5) is 35.9. The second-order valence-electron chi connectivity index (χ2n) is 6.00. The first-order chi connectivity index (χ1) is 13.8. The Hall–Kier alpha value is -3.52. The van der Waals surface area contributed by atoms with Gasteiger partial charge >= 0.3 is 11.8 Å². The fraction of sp³-hybridized carbons (Fsp3) is 0.150. The van der Waals surface area contributed by atoms with Crippen LogP contribution in [0.3, 0.4) is 0 Å². The summed E-state index contributed by atoms with van der Waals surface area (Å²) in [6, 6.07) is 11.8. The summed E-state index contributed by atoms with van der Waals surface area (Å²) in [6.45, 7) is 5.37. The van der Waals surface area contributed by atoms with Gasteiger partial charge in [-0.2, -0.15) is 0 Å². The quantitative estimate of drug-likeness (QED) is 0.410. The van der Waals surface area contributed by atoms with E-state index in [9.17, 15) is 14.4 Å². The van der Waals surface area contributed by atoms with Crippen LogP contribution in [0.15, 0.2) is 54.7 Å². The molecule has 0 fully saturated rings. The molecule has 2 rings (SSSR count). The maximum Gasteiger partial charge on any atom is 0.327 e. The Morgan fingerprint density at radius 2 is 1.69 bits per heavy atom. The van der Waals surface area contributed by atoms with E-state index < -0.39 is 11.8 Å². The molecule has 152 valence electrons. The smallest absolute Gasteiger partial charge is 0.327 e. The number of halogens is 1. The number of carbonyl (C=O) groups is 3. The third-order valence-electron chi connectivity index (χ3n) is 3.82. The van der Waals surface area contributed by atoms with E-state index in [0.717, 1.165) is 0 Å². The number of benzene rings is 2. The average Bonchev–Trinajstić information content (AvgIpc) is 2.70. The van der Waals surface area contributed by atoms with E-state index in [4.69, 9.17) is 16.3 Å². The SMILES string of the molecule is C=C(CC(=O)Nc1ccc(OC)cc1)NNC(=O)C(=O)Nc1cccc(Cl)c1C. The first-order valence-electron chi connectivity index (χ1n) is 8.54. The molecule has 0 atom stereocenters. The maximum atomic E-state index is 12.0. The van der Waals surface area contributed by atoms with E-state index in [-0.39, 0.29) is 18.0 Å². The Labute approximate surface area is 173 Å². The summed E-state index contributed by atoms with van der Waals surface area (Å²) in [7, 11) is 1.55. The van der Waals surface area contributed by atoms with Gasteiger partial charge in [0.05, 0.1) is 13.5 Å². The molecule has 0 spiro atoms. The van der Waals surface area contributed by atoms with E-state index in [0.29, 0.717) is 27.7 Å². The minimum absolute atomic E-state index is 0.110. The number of hydrogen-bond acceptors (Lipinski definition) is 5. The van der Waals surface area contributed by atoms with Gasteiger partial charge in [-0.15, -0.1) is 0 Å². The van der Waals surface area contributed by atoms with Crippen molar-refractivity contribution in [3.05, 3.63) is 65.3 Å². The number of rotatable bonds is 7. The third kappa shape index (κ3) is 6.54. The zero-order chi connectivity index (χ0) is 21.4. The molecule has 29 heavy (non-hydrogen) atoms. The Morgan fingerprint density at radius 3 is 2.34 bits per heavy atom. The van der Waals surface area contributed by atoms with Crippen LogP contribution in [0.5, 0.6) is 5.75 Å². The highest BCUT2D eigenvalue weighted by Gasteiger charge is 2.15. The predicted octanol–water partition coefficient (Wildman–Crippen LogP) is 2.76. The molecule has 9 heteroatoms. The van der Waals surface area contributed by atoms with Crippen molar-refractivity contribution in [1.29, 1.82) is 0 Å². The van der Waals surface area contributed by atoms with Crippen LogP contribution in [-0.4, -0.2) is 24.8 Å². The van der Waals surface area contributed by atoms with Crippen LogP contribution in [0.1, 0.15) is 12.0 Å². The fourth-order valence-corrected chi connectivity index (χ4v) is 2.42. The second-order valence-corrected chi connectivity index (χ2v) is 6.41. The normalized spacial score (nSPS) is 9.90. The van der Waals surface area contributed by atoms with Crippen molar-refractivity contribution in [3.63, 3.8) is 0 Å². The van der Waals surface area contributed by atoms with Gasteiger partial charge in [0.1, 0.15) is 5.75 Å². The molecule has 0 saturated heterocycles. The Balaban J connectivity index is 1.78. The zero-order valence-electron chi connectivity index (χ0n) is 16.0. The fourth-order valence-electron chi connectivity index (χ4n) is 2.24. The van der Waals surface area contributed by atoms with Crippen LogP contribution >= 0.6 is 11.6 Å². The van der Waals surface area contributed by atoms with Gasteiger partial charge in [-0.05, 0) is 48.9 Å². The molecule has 0 unspecified atom stereocenters. The summed E-state index contributed by atoms with van der Waals surface area (Å²) in [5.41, 5.74) is 6.50. The molecule has 0 aliphatic carbocycles. The molecule has 8 nitrogen and oxygen atoms in total. The summed E-state index contributed by atoms with van der Waals surface area (Å²) >= 11 is 5.98. The summed E-state index contributed by atoms with van der Waals surface area (Å²) in [5.74, 6) is -1.51. The average molecular weight is 417 g/mol. The number of anilines is 2. The van der Waals surface area contributed by atoms with E-state index in [1.54, 1.807) is 56.5 Å². The van der Waals surface area contributed by atoms with E-state index in [2.05, 4.69) is 28.1 Å². The maximum absolute atomic E-state index is 12.0. The van der Waals surface area contributed by atoms with Gasteiger partial charge in [-0.1, -0.05) is 24.2 Å². The van der Waals surface area contributed by atoms with Crippen LogP contribution in [0, 0.1) is 6.92 Å². The van der Waals surface area contributed by atoms with Crippen LogP contribution in [0.25, 0.3) is 0 Å². The zero-order valence-corrected chi connectivity index (χ0v) is 16.7. The Kier molecular flexibility index (Phi) is 7.62. The highest BCUT2D eigenvalue weighted by atomic mass is 35.5. The summed E-state index contributed by atoms with van der Waals surface area (Å²) < 4.78 is 5.05. The van der Waals surface area contributed by atoms with Crippen molar-refractivity contribution in [1.82, 2.24) is 10.9 Å². The molecule has 0 radical (unpaired) electrons. The molecule has 0 heterocycles. The highest BCUT2D eigenvalue weighted by Crippen LogP contribution is 2.22. The van der Waals surface area contributed by atoms with Crippen molar-refractivity contribution >= 4 is 40.7 Å². The topological polar surface area (TPSA) is 109 Å². The first-order valence-corrected chi connectivity index (χ1v) is 8.92. The lowest BCUT2D eigenvalue weighted by Gasteiger charge is -2.12. The Bertz CT molecular complexity index is 929. The number of nitrogens with one attached hydrogen (secondary N) is 4. The number of hydrogen-bond donors (Lipinski definition) is 4. The van der Waals surface area contributed by atoms with E-state index in [1.165, 1.54) is 0 Å². The summed E-state index contributed by atoms with van der Waals surface area (Å²) in [5, 5.41) is 5.61. The standard InChI is InChI=1S/C20H21ClN4O4/c1-12(11-18(26)22-14-7-9-15(29-3)10-8-14)24-25-20(28)19(27)23-17-6-4-5-16(21)13(17)2/h4-10,24H,1,11H2,2-3H3,(H,22,26)(H,23,27)(H,25,28). The lowest BCUT2D eigenvalue weighted by atomic mass is 10.2. The van der Waals surface area contributed by atoms with Crippen LogP contribution in [-0.2, 0) is 14.4 Å². The molecule has 2 aromatic carbocycles. The second kappa shape index (κ2) is 10.1. The van der Waals surface area contributed by atoms with Gasteiger partial charge in [-0.25, -0.2) is 0 Å². The van der Waals surface area contributed by atoms with Crippen LogP contribution in [0.4, 0.5) is 11.4 Å². The number of methoxy groups -OCH3 is 1. The third-order valence-corrected chi connectivity index (χ3v) is 4.23. The molecule has 0 aromatic heterocycles. The molecular formula is C20H21ClN4O4. The molecule has 0 aliphatic heterocycles. The van der Waals surface area contributed by atoms with Gasteiger partial charge in [-0.3, -0.25) is 19.8 Å². The minimum atomic E-state index is -0.943. The summed E-state index contributed by atoms with van der Waals surface area (Å²) in [6.07, 6.45) is -0.110. The molecule has 2 aromatic rings. The Morgan fingerprint density at radius 1 is 1.00 bits per heavy atom. The molecule has 3 amide bonds.